The molecule has 3 fully saturated rings. The molecule has 3 heterocycles. The molecule has 33 heavy (non-hydrogen) atoms. The van der Waals surface area contributed by atoms with Gasteiger partial charge in [0, 0.05) is 36.8 Å². The summed E-state index contributed by atoms with van der Waals surface area (Å²) in [6.07, 6.45) is 1.32. The summed E-state index contributed by atoms with van der Waals surface area (Å²) in [6, 6.07) is 4.93. The number of benzene rings is 1. The molecule has 3 saturated heterocycles. The predicted octanol–water partition coefficient (Wildman–Crippen LogP) is -0.594. The molecule has 4 amide bonds. The van der Waals surface area contributed by atoms with E-state index in [1.54, 1.807) is 52.9 Å². The summed E-state index contributed by atoms with van der Waals surface area (Å²) >= 11 is 1.63. The summed E-state index contributed by atoms with van der Waals surface area (Å²) < 4.78 is 5.15. The number of methoxy groups -OCH3 is 1. The smallest absolute Gasteiger partial charge is 0.254 e. The summed E-state index contributed by atoms with van der Waals surface area (Å²) in [5.74, 6) is 0.977. The van der Waals surface area contributed by atoms with E-state index in [-0.39, 0.29) is 36.9 Å². The van der Waals surface area contributed by atoms with E-state index in [4.69, 9.17) is 4.74 Å². The van der Waals surface area contributed by atoms with Crippen molar-refractivity contribution in [3.63, 3.8) is 0 Å². The van der Waals surface area contributed by atoms with Crippen LogP contribution in [0.4, 0.5) is 0 Å². The van der Waals surface area contributed by atoms with E-state index < -0.39 is 18.0 Å². The van der Waals surface area contributed by atoms with Gasteiger partial charge in [-0.15, -0.1) is 11.8 Å². The molecule has 0 bridgehead atoms. The number of piperazine rings is 1. The molecule has 3 atom stereocenters. The minimum absolute atomic E-state index is 0.0661. The van der Waals surface area contributed by atoms with Crippen molar-refractivity contribution >= 4 is 35.4 Å². The van der Waals surface area contributed by atoms with Crippen LogP contribution in [0, 0.1) is 0 Å². The van der Waals surface area contributed by atoms with Gasteiger partial charge in [-0.25, -0.2) is 0 Å². The summed E-state index contributed by atoms with van der Waals surface area (Å²) in [4.78, 5) is 54.8. The van der Waals surface area contributed by atoms with Crippen molar-refractivity contribution in [2.45, 2.75) is 31.0 Å². The third kappa shape index (κ3) is 5.25. The standard InChI is InChI=1S/C22H29N5O5S/c1-32-15-6-4-14(5-7-15)21(30)26-9-10-27(22(31)17-12-33-13-24-17)18(11-26)20(29)25-16-3-2-8-23-19(16)28/h4-7,16-18,24H,2-3,8-13H2,1H3,(H,23,28)(H,25,29)/t16-,17-,18-/m1/s1. The maximum atomic E-state index is 13.3. The van der Waals surface area contributed by atoms with Gasteiger partial charge in [-0.2, -0.15) is 0 Å². The minimum Gasteiger partial charge on any atom is -0.497 e. The number of hydrogen-bond acceptors (Lipinski definition) is 7. The molecule has 1 aromatic rings. The molecule has 11 heteroatoms. The highest BCUT2D eigenvalue weighted by molar-refractivity contribution is 7.99. The molecule has 0 aliphatic carbocycles. The Morgan fingerprint density at radius 2 is 1.97 bits per heavy atom. The van der Waals surface area contributed by atoms with E-state index in [1.807, 2.05) is 0 Å². The number of carbonyl (C=O) groups excluding carboxylic acids is 4. The molecule has 1 aromatic carbocycles. The second-order valence-corrected chi connectivity index (χ2v) is 9.32. The van der Waals surface area contributed by atoms with Crippen molar-refractivity contribution in [3.05, 3.63) is 29.8 Å². The summed E-state index contributed by atoms with van der Waals surface area (Å²) in [5.41, 5.74) is 0.482. The highest BCUT2D eigenvalue weighted by Gasteiger charge is 2.41. The van der Waals surface area contributed by atoms with Crippen molar-refractivity contribution in [2.24, 2.45) is 0 Å². The normalized spacial score (nSPS) is 25.4. The lowest BCUT2D eigenvalue weighted by molar-refractivity contribution is -0.145. The lowest BCUT2D eigenvalue weighted by atomic mass is 10.0. The van der Waals surface area contributed by atoms with Crippen molar-refractivity contribution < 1.29 is 23.9 Å². The zero-order valence-electron chi connectivity index (χ0n) is 18.5. The Bertz CT molecular complexity index is 905. The van der Waals surface area contributed by atoms with Gasteiger partial charge in [0.2, 0.25) is 17.7 Å². The maximum absolute atomic E-state index is 13.3. The van der Waals surface area contributed by atoms with E-state index in [9.17, 15) is 19.2 Å². The first-order valence-corrected chi connectivity index (χ1v) is 12.3. The second kappa shape index (κ2) is 10.4. The fourth-order valence-electron chi connectivity index (χ4n) is 4.30. The topological polar surface area (TPSA) is 120 Å². The van der Waals surface area contributed by atoms with Gasteiger partial charge in [0.25, 0.3) is 5.91 Å². The maximum Gasteiger partial charge on any atom is 0.254 e. The van der Waals surface area contributed by atoms with E-state index in [0.29, 0.717) is 42.5 Å². The number of hydrogen-bond donors (Lipinski definition) is 3. The van der Waals surface area contributed by atoms with E-state index in [0.717, 1.165) is 6.42 Å². The fourth-order valence-corrected chi connectivity index (χ4v) is 5.24. The molecule has 0 unspecified atom stereocenters. The van der Waals surface area contributed by atoms with Crippen LogP contribution in [0.2, 0.25) is 0 Å². The Morgan fingerprint density at radius 1 is 1.18 bits per heavy atom. The van der Waals surface area contributed by atoms with Gasteiger partial charge in [-0.3, -0.25) is 24.5 Å². The molecule has 0 spiro atoms. The molecule has 3 aliphatic heterocycles. The van der Waals surface area contributed by atoms with E-state index >= 15 is 0 Å². The van der Waals surface area contributed by atoms with E-state index in [1.165, 1.54) is 0 Å². The molecule has 3 aliphatic rings. The van der Waals surface area contributed by atoms with Crippen LogP contribution in [0.3, 0.4) is 0 Å². The monoisotopic (exact) mass is 475 g/mol. The van der Waals surface area contributed by atoms with Gasteiger partial charge in [0.15, 0.2) is 0 Å². The van der Waals surface area contributed by atoms with Gasteiger partial charge in [0.1, 0.15) is 17.8 Å². The summed E-state index contributed by atoms with van der Waals surface area (Å²) in [5, 5.41) is 8.71. The van der Waals surface area contributed by atoms with Crippen LogP contribution in [0.1, 0.15) is 23.2 Å². The number of thioether (sulfide) groups is 1. The fraction of sp³-hybridized carbons (Fsp3) is 0.545. The number of nitrogens with zero attached hydrogens (tertiary/aromatic N) is 2. The molecule has 178 valence electrons. The van der Waals surface area contributed by atoms with Crippen LogP contribution in [-0.2, 0) is 14.4 Å². The van der Waals surface area contributed by atoms with Gasteiger partial charge in [0.05, 0.1) is 19.7 Å². The van der Waals surface area contributed by atoms with Crippen LogP contribution < -0.4 is 20.7 Å². The van der Waals surface area contributed by atoms with Crippen LogP contribution in [0.15, 0.2) is 24.3 Å². The molecular weight excluding hydrogens is 446 g/mol. The van der Waals surface area contributed by atoms with Crippen LogP contribution >= 0.6 is 11.8 Å². The average Bonchev–Trinajstić information content (AvgIpc) is 3.39. The van der Waals surface area contributed by atoms with Gasteiger partial charge in [-0.1, -0.05) is 0 Å². The zero-order valence-corrected chi connectivity index (χ0v) is 19.4. The van der Waals surface area contributed by atoms with Crippen LogP contribution in [0.25, 0.3) is 0 Å². The number of carbonyl (C=O) groups is 4. The first-order valence-electron chi connectivity index (χ1n) is 11.1. The summed E-state index contributed by atoms with van der Waals surface area (Å²) in [6.45, 7) is 1.23. The quantitative estimate of drug-likeness (QED) is 0.521. The number of amides is 4. The van der Waals surface area contributed by atoms with Crippen molar-refractivity contribution in [3.8, 4) is 5.75 Å². The first-order chi connectivity index (χ1) is 16.0. The Morgan fingerprint density at radius 3 is 2.64 bits per heavy atom. The SMILES string of the molecule is COc1ccc(C(=O)N2CCN(C(=O)[C@H]3CSCN3)[C@@H](C(=O)N[C@@H]3CCCNC3=O)C2)cc1. The van der Waals surface area contributed by atoms with Crippen LogP contribution in [0.5, 0.6) is 5.75 Å². The average molecular weight is 476 g/mol. The zero-order chi connectivity index (χ0) is 23.4. The van der Waals surface area contributed by atoms with Crippen LogP contribution in [-0.4, -0.2) is 96.5 Å². The molecule has 0 saturated carbocycles. The molecule has 10 nitrogen and oxygen atoms in total. The third-order valence-electron chi connectivity index (χ3n) is 6.21. The van der Waals surface area contributed by atoms with Crippen molar-refractivity contribution in [1.29, 1.82) is 0 Å². The van der Waals surface area contributed by atoms with Gasteiger partial charge < -0.3 is 25.2 Å². The number of piperidine rings is 1. The van der Waals surface area contributed by atoms with Gasteiger partial charge in [-0.05, 0) is 37.1 Å². The van der Waals surface area contributed by atoms with Crippen molar-refractivity contribution in [1.82, 2.24) is 25.8 Å². The van der Waals surface area contributed by atoms with Gasteiger partial charge >= 0.3 is 0 Å². The highest BCUT2D eigenvalue weighted by atomic mass is 32.2. The number of nitrogens with one attached hydrogen (secondary N) is 3. The lowest BCUT2D eigenvalue weighted by Crippen LogP contribution is -2.65. The predicted molar refractivity (Wildman–Crippen MR) is 123 cm³/mol. The Labute approximate surface area is 196 Å². The first kappa shape index (κ1) is 23.4. The second-order valence-electron chi connectivity index (χ2n) is 8.29. The molecular formula is C22H29N5O5S. The largest absolute Gasteiger partial charge is 0.497 e. The van der Waals surface area contributed by atoms with Crippen molar-refractivity contribution in [2.75, 3.05) is 44.9 Å². The number of rotatable bonds is 5. The summed E-state index contributed by atoms with van der Waals surface area (Å²) in [7, 11) is 1.56. The van der Waals surface area contributed by atoms with E-state index in [2.05, 4.69) is 16.0 Å². The molecule has 0 radical (unpaired) electrons. The molecule has 3 N–H and O–H groups in total. The Kier molecular flexibility index (Phi) is 7.39. The minimum atomic E-state index is -0.865. The third-order valence-corrected chi connectivity index (χ3v) is 7.15. The molecule has 0 aromatic heterocycles. The Hall–Kier alpha value is -2.79. The molecule has 4 rings (SSSR count). The Balaban J connectivity index is 1.51. The highest BCUT2D eigenvalue weighted by Crippen LogP contribution is 2.20. The lowest BCUT2D eigenvalue weighted by Gasteiger charge is -2.42. The number of ether oxygens (including phenoxy) is 1.